The lowest BCUT2D eigenvalue weighted by molar-refractivity contribution is 0.632. The zero-order valence-electron chi connectivity index (χ0n) is 10.7. The minimum atomic E-state index is 0.287. The Kier molecular flexibility index (Phi) is 2.82. The van der Waals surface area contributed by atoms with E-state index in [-0.39, 0.29) is 5.41 Å². The predicted molar refractivity (Wildman–Crippen MR) is 79.5 cm³/mol. The summed E-state index contributed by atoms with van der Waals surface area (Å²) in [6.07, 6.45) is 0. The van der Waals surface area contributed by atoms with Gasteiger partial charge in [0, 0.05) is 16.3 Å². The third-order valence-corrected chi connectivity index (χ3v) is 4.44. The molecule has 0 bridgehead atoms. The van der Waals surface area contributed by atoms with Crippen LogP contribution in [0.15, 0.2) is 59.1 Å². The fourth-order valence-electron chi connectivity index (χ4n) is 2.94. The highest BCUT2D eigenvalue weighted by Crippen LogP contribution is 2.68. The zero-order valence-corrected chi connectivity index (χ0v) is 12.2. The molecular formula is C17H16Br. The first-order valence-corrected chi connectivity index (χ1v) is 7.08. The van der Waals surface area contributed by atoms with Crippen molar-refractivity contribution in [1.29, 1.82) is 0 Å². The summed E-state index contributed by atoms with van der Waals surface area (Å²) < 4.78 is 1.14. The van der Waals surface area contributed by atoms with E-state index in [0.717, 1.165) is 4.47 Å². The first kappa shape index (κ1) is 12.0. The fraction of sp³-hybridized carbons (Fsp3) is 0.235. The van der Waals surface area contributed by atoms with Crippen LogP contribution in [0.5, 0.6) is 0 Å². The average molecular weight is 300 g/mol. The summed E-state index contributed by atoms with van der Waals surface area (Å²) in [5, 5.41) is 0. The summed E-state index contributed by atoms with van der Waals surface area (Å²) >= 11 is 3.49. The van der Waals surface area contributed by atoms with Crippen molar-refractivity contribution in [2.75, 3.05) is 0 Å². The molecule has 1 aliphatic rings. The van der Waals surface area contributed by atoms with Crippen molar-refractivity contribution < 1.29 is 0 Å². The van der Waals surface area contributed by atoms with Crippen molar-refractivity contribution in [3.63, 3.8) is 0 Å². The minimum absolute atomic E-state index is 0.287. The monoisotopic (exact) mass is 299 g/mol. The molecule has 91 valence electrons. The minimum Gasteiger partial charge on any atom is -0.0622 e. The van der Waals surface area contributed by atoms with Crippen LogP contribution in [0, 0.1) is 11.3 Å². The maximum atomic E-state index is 3.49. The molecule has 2 aromatic carbocycles. The van der Waals surface area contributed by atoms with Crippen LogP contribution in [0.1, 0.15) is 30.9 Å². The Morgan fingerprint density at radius 1 is 0.889 bits per heavy atom. The maximum Gasteiger partial charge on any atom is 0.0192 e. The Hall–Kier alpha value is -1.08. The van der Waals surface area contributed by atoms with Gasteiger partial charge in [0.2, 0.25) is 0 Å². The van der Waals surface area contributed by atoms with Gasteiger partial charge in [0.25, 0.3) is 0 Å². The molecule has 2 aromatic rings. The summed E-state index contributed by atoms with van der Waals surface area (Å²) in [7, 11) is 0. The molecule has 1 atom stereocenters. The molecule has 0 heterocycles. The first-order valence-electron chi connectivity index (χ1n) is 6.29. The van der Waals surface area contributed by atoms with Crippen molar-refractivity contribution in [3.8, 4) is 0 Å². The van der Waals surface area contributed by atoms with Gasteiger partial charge < -0.3 is 0 Å². The van der Waals surface area contributed by atoms with Crippen molar-refractivity contribution in [2.24, 2.45) is 5.41 Å². The molecule has 1 unspecified atom stereocenters. The van der Waals surface area contributed by atoms with Gasteiger partial charge in [-0.1, -0.05) is 72.2 Å². The maximum absolute atomic E-state index is 3.49. The lowest BCUT2D eigenvalue weighted by Gasteiger charge is -2.02. The van der Waals surface area contributed by atoms with Gasteiger partial charge in [0.15, 0.2) is 0 Å². The quantitative estimate of drug-likeness (QED) is 0.715. The van der Waals surface area contributed by atoms with E-state index in [1.165, 1.54) is 11.1 Å². The molecule has 0 spiro atoms. The van der Waals surface area contributed by atoms with E-state index in [0.29, 0.717) is 5.92 Å². The molecule has 1 saturated carbocycles. The smallest absolute Gasteiger partial charge is 0.0192 e. The third-order valence-electron chi connectivity index (χ3n) is 3.91. The van der Waals surface area contributed by atoms with Gasteiger partial charge in [-0.05, 0) is 28.7 Å². The molecule has 0 N–H and O–H groups in total. The normalized spacial score (nSPS) is 21.8. The highest BCUT2D eigenvalue weighted by molar-refractivity contribution is 9.10. The molecule has 1 aliphatic carbocycles. The SMILES string of the molecule is CC1(C)[C](c2ccc(Br)cc2)C1c1ccccc1. The van der Waals surface area contributed by atoms with Crippen LogP contribution in [0.3, 0.4) is 0 Å². The first-order chi connectivity index (χ1) is 8.60. The lowest BCUT2D eigenvalue weighted by atomic mass is 10.0. The molecule has 1 fully saturated rings. The van der Waals surface area contributed by atoms with Crippen molar-refractivity contribution >= 4 is 15.9 Å². The molecular weight excluding hydrogens is 284 g/mol. The Morgan fingerprint density at radius 3 is 2.11 bits per heavy atom. The van der Waals surface area contributed by atoms with Gasteiger partial charge in [-0.3, -0.25) is 0 Å². The van der Waals surface area contributed by atoms with Crippen LogP contribution >= 0.6 is 15.9 Å². The summed E-state index contributed by atoms with van der Waals surface area (Å²) in [5.41, 5.74) is 3.09. The molecule has 3 rings (SSSR count). The standard InChI is InChI=1S/C17H16Br/c1-17(2)15(12-6-4-3-5-7-12)16(17)13-8-10-14(18)11-9-13/h3-11,15H,1-2H3. The van der Waals surface area contributed by atoms with Gasteiger partial charge in [-0.2, -0.15) is 0 Å². The van der Waals surface area contributed by atoms with Crippen LogP contribution in [0.4, 0.5) is 0 Å². The summed E-state index contributed by atoms with van der Waals surface area (Å²) in [4.78, 5) is 0. The molecule has 1 heteroatoms. The van der Waals surface area contributed by atoms with Crippen molar-refractivity contribution in [2.45, 2.75) is 19.8 Å². The molecule has 0 nitrogen and oxygen atoms in total. The van der Waals surface area contributed by atoms with Gasteiger partial charge >= 0.3 is 0 Å². The Labute approximate surface area is 117 Å². The molecule has 0 aromatic heterocycles. The van der Waals surface area contributed by atoms with E-state index in [2.05, 4.69) is 84.4 Å². The van der Waals surface area contributed by atoms with E-state index in [1.807, 2.05) is 0 Å². The van der Waals surface area contributed by atoms with Crippen LogP contribution in [-0.2, 0) is 0 Å². The summed E-state index contributed by atoms with van der Waals surface area (Å²) in [6.45, 7) is 4.67. The highest BCUT2D eigenvalue weighted by Gasteiger charge is 2.59. The van der Waals surface area contributed by atoms with Gasteiger partial charge in [-0.25, -0.2) is 0 Å². The molecule has 0 saturated heterocycles. The van der Waals surface area contributed by atoms with Gasteiger partial charge in [0.1, 0.15) is 0 Å². The summed E-state index contributed by atoms with van der Waals surface area (Å²) in [5.74, 6) is 2.13. The summed E-state index contributed by atoms with van der Waals surface area (Å²) in [6, 6.07) is 19.5. The van der Waals surface area contributed by atoms with Gasteiger partial charge in [-0.15, -0.1) is 0 Å². The van der Waals surface area contributed by atoms with Crippen LogP contribution in [0.25, 0.3) is 0 Å². The Balaban J connectivity index is 1.93. The number of hydrogen-bond acceptors (Lipinski definition) is 0. The van der Waals surface area contributed by atoms with Crippen LogP contribution in [0.2, 0.25) is 0 Å². The predicted octanol–water partition coefficient (Wildman–Crippen LogP) is 5.20. The molecule has 18 heavy (non-hydrogen) atoms. The lowest BCUT2D eigenvalue weighted by Crippen LogP contribution is -1.90. The Bertz CT molecular complexity index is 540. The van der Waals surface area contributed by atoms with Crippen LogP contribution < -0.4 is 0 Å². The average Bonchev–Trinajstić information content (AvgIpc) is 2.94. The van der Waals surface area contributed by atoms with Crippen molar-refractivity contribution in [3.05, 3.63) is 76.1 Å². The van der Waals surface area contributed by atoms with Gasteiger partial charge in [0.05, 0.1) is 0 Å². The Morgan fingerprint density at radius 2 is 1.50 bits per heavy atom. The number of hydrogen-bond donors (Lipinski definition) is 0. The highest BCUT2D eigenvalue weighted by atomic mass is 79.9. The van der Waals surface area contributed by atoms with E-state index in [9.17, 15) is 0 Å². The number of benzene rings is 2. The van der Waals surface area contributed by atoms with Crippen LogP contribution in [-0.4, -0.2) is 0 Å². The van der Waals surface area contributed by atoms with E-state index >= 15 is 0 Å². The second-order valence-corrected chi connectivity index (χ2v) is 6.40. The topological polar surface area (TPSA) is 0 Å². The largest absolute Gasteiger partial charge is 0.0622 e. The van der Waals surface area contributed by atoms with Crippen molar-refractivity contribution in [1.82, 2.24) is 0 Å². The molecule has 0 aliphatic heterocycles. The molecule has 0 amide bonds. The van der Waals surface area contributed by atoms with E-state index in [4.69, 9.17) is 0 Å². The third kappa shape index (κ3) is 1.91. The number of rotatable bonds is 2. The van der Waals surface area contributed by atoms with E-state index < -0.39 is 0 Å². The zero-order chi connectivity index (χ0) is 12.8. The second kappa shape index (κ2) is 4.24. The molecule has 1 radical (unpaired) electrons. The van der Waals surface area contributed by atoms with E-state index in [1.54, 1.807) is 5.92 Å². The number of halogens is 1. The fourth-order valence-corrected chi connectivity index (χ4v) is 3.21. The second-order valence-electron chi connectivity index (χ2n) is 5.49.